The molecule has 1 aliphatic rings. The van der Waals surface area contributed by atoms with Gasteiger partial charge in [-0.3, -0.25) is 9.59 Å². The zero-order valence-corrected chi connectivity index (χ0v) is 11.3. The van der Waals surface area contributed by atoms with E-state index in [0.29, 0.717) is 10.9 Å². The first-order valence-electron chi connectivity index (χ1n) is 6.81. The molecule has 0 unspecified atom stereocenters. The molecule has 2 heterocycles. The van der Waals surface area contributed by atoms with E-state index in [9.17, 15) is 9.59 Å². The van der Waals surface area contributed by atoms with Crippen LogP contribution in [0.1, 0.15) is 25.8 Å². The summed E-state index contributed by atoms with van der Waals surface area (Å²) in [5.74, 6) is -0.0609. The van der Waals surface area contributed by atoms with Crippen molar-refractivity contribution in [1.29, 1.82) is 0 Å². The third-order valence-corrected chi connectivity index (χ3v) is 3.73. The van der Waals surface area contributed by atoms with Crippen LogP contribution < -0.4 is 5.56 Å². The van der Waals surface area contributed by atoms with Gasteiger partial charge in [-0.05, 0) is 31.9 Å². The van der Waals surface area contributed by atoms with Crippen LogP contribution in [0.15, 0.2) is 29.1 Å². The van der Waals surface area contributed by atoms with Gasteiger partial charge in [0.05, 0.1) is 5.39 Å². The maximum atomic E-state index is 12.4. The summed E-state index contributed by atoms with van der Waals surface area (Å²) in [5, 5.41) is 8.41. The molecule has 1 aromatic heterocycles. The van der Waals surface area contributed by atoms with Gasteiger partial charge in [0.1, 0.15) is 11.6 Å². The van der Waals surface area contributed by atoms with E-state index in [1.54, 1.807) is 36.1 Å². The van der Waals surface area contributed by atoms with Crippen molar-refractivity contribution >= 4 is 16.8 Å². The maximum Gasteiger partial charge on any atom is 0.278 e. The molecule has 3 rings (SSSR count). The fourth-order valence-electron chi connectivity index (χ4n) is 2.56. The highest BCUT2D eigenvalue weighted by Gasteiger charge is 2.26. The third kappa shape index (κ3) is 2.07. The van der Waals surface area contributed by atoms with Crippen molar-refractivity contribution in [2.24, 2.45) is 0 Å². The average molecular weight is 272 g/mol. The van der Waals surface area contributed by atoms with Crippen LogP contribution in [0.4, 0.5) is 0 Å². The Morgan fingerprint density at radius 1 is 1.25 bits per heavy atom. The third-order valence-electron chi connectivity index (χ3n) is 3.73. The predicted octanol–water partition coefficient (Wildman–Crippen LogP) is 0.975. The van der Waals surface area contributed by atoms with E-state index in [2.05, 4.69) is 10.3 Å². The summed E-state index contributed by atoms with van der Waals surface area (Å²) in [6.45, 7) is 3.23. The lowest BCUT2D eigenvalue weighted by Gasteiger charge is -2.20. The lowest BCUT2D eigenvalue weighted by molar-refractivity contribution is -0.133. The summed E-state index contributed by atoms with van der Waals surface area (Å²) in [6.07, 6.45) is 2.05. The van der Waals surface area contributed by atoms with E-state index in [1.165, 1.54) is 4.68 Å². The molecule has 0 bridgehead atoms. The number of benzene rings is 1. The molecule has 1 aromatic carbocycles. The lowest BCUT2D eigenvalue weighted by atomic mass is 10.2. The number of nitrogens with zero attached hydrogens (tertiary/aromatic N) is 4. The molecule has 0 saturated carbocycles. The van der Waals surface area contributed by atoms with E-state index in [1.807, 2.05) is 0 Å². The Kier molecular flexibility index (Phi) is 3.22. The van der Waals surface area contributed by atoms with Crippen LogP contribution in [0.3, 0.4) is 0 Å². The Balaban J connectivity index is 1.99. The Bertz CT molecular complexity index is 704. The van der Waals surface area contributed by atoms with Crippen LogP contribution in [0, 0.1) is 0 Å². The molecule has 20 heavy (non-hydrogen) atoms. The molecule has 0 aliphatic carbocycles. The summed E-state index contributed by atoms with van der Waals surface area (Å²) >= 11 is 0. The Labute approximate surface area is 116 Å². The average Bonchev–Trinajstić information content (AvgIpc) is 3.01. The Morgan fingerprint density at radius 2 is 1.95 bits per heavy atom. The topological polar surface area (TPSA) is 68.1 Å². The van der Waals surface area contributed by atoms with Crippen molar-refractivity contribution in [3.05, 3.63) is 34.6 Å². The second kappa shape index (κ2) is 5.03. The molecule has 1 saturated heterocycles. The standard InChI is InChI=1S/C14H16N4O2/c1-10(13(19)17-8-4-5-9-17)18-14(20)11-6-2-3-7-12(11)15-16-18/h2-3,6-7,10H,4-5,8-9H2,1H3/t10-/m0/s1. The molecule has 104 valence electrons. The molecular formula is C14H16N4O2. The summed E-state index contributed by atoms with van der Waals surface area (Å²) in [4.78, 5) is 26.5. The summed E-state index contributed by atoms with van der Waals surface area (Å²) < 4.78 is 1.18. The van der Waals surface area contributed by atoms with Gasteiger partial charge in [0.15, 0.2) is 0 Å². The minimum absolute atomic E-state index is 0.0609. The first kappa shape index (κ1) is 12.8. The van der Waals surface area contributed by atoms with E-state index in [4.69, 9.17) is 0 Å². The van der Waals surface area contributed by atoms with Crippen molar-refractivity contribution in [2.45, 2.75) is 25.8 Å². The van der Waals surface area contributed by atoms with Gasteiger partial charge in [-0.15, -0.1) is 5.10 Å². The van der Waals surface area contributed by atoms with Gasteiger partial charge in [0.25, 0.3) is 5.56 Å². The molecule has 2 aromatic rings. The number of fused-ring (bicyclic) bond motifs is 1. The van der Waals surface area contributed by atoms with Crippen molar-refractivity contribution in [3.8, 4) is 0 Å². The number of carbonyl (C=O) groups is 1. The number of aromatic nitrogens is 3. The van der Waals surface area contributed by atoms with Crippen LogP contribution >= 0.6 is 0 Å². The SMILES string of the molecule is C[C@@H](C(=O)N1CCCC1)n1nnc2ccccc2c1=O. The molecule has 0 N–H and O–H groups in total. The highest BCUT2D eigenvalue weighted by Crippen LogP contribution is 2.14. The summed E-state index contributed by atoms with van der Waals surface area (Å²) in [7, 11) is 0. The van der Waals surface area contributed by atoms with Gasteiger partial charge in [-0.2, -0.15) is 4.68 Å². The number of hydrogen-bond acceptors (Lipinski definition) is 4. The highest BCUT2D eigenvalue weighted by molar-refractivity contribution is 5.81. The smallest absolute Gasteiger partial charge is 0.278 e. The first-order valence-corrected chi connectivity index (χ1v) is 6.81. The van der Waals surface area contributed by atoms with Gasteiger partial charge in [-0.1, -0.05) is 17.3 Å². The van der Waals surface area contributed by atoms with Gasteiger partial charge < -0.3 is 4.90 Å². The molecule has 1 fully saturated rings. The van der Waals surface area contributed by atoms with Crippen LogP contribution in [0.25, 0.3) is 10.9 Å². The van der Waals surface area contributed by atoms with Crippen molar-refractivity contribution in [3.63, 3.8) is 0 Å². The van der Waals surface area contributed by atoms with Gasteiger partial charge in [0.2, 0.25) is 5.91 Å². The number of rotatable bonds is 2. The molecule has 6 nitrogen and oxygen atoms in total. The van der Waals surface area contributed by atoms with E-state index < -0.39 is 6.04 Å². The minimum Gasteiger partial charge on any atom is -0.341 e. The molecule has 6 heteroatoms. The first-order chi connectivity index (χ1) is 9.68. The monoisotopic (exact) mass is 272 g/mol. The van der Waals surface area contributed by atoms with Crippen LogP contribution in [0.5, 0.6) is 0 Å². The number of likely N-dealkylation sites (tertiary alicyclic amines) is 1. The zero-order chi connectivity index (χ0) is 14.1. The van der Waals surface area contributed by atoms with Crippen molar-refractivity contribution < 1.29 is 4.79 Å². The number of hydrogen-bond donors (Lipinski definition) is 0. The molecular weight excluding hydrogens is 256 g/mol. The molecule has 0 spiro atoms. The van der Waals surface area contributed by atoms with E-state index in [0.717, 1.165) is 25.9 Å². The Hall–Kier alpha value is -2.24. The maximum absolute atomic E-state index is 12.4. The van der Waals surface area contributed by atoms with Gasteiger partial charge in [-0.25, -0.2) is 0 Å². The highest BCUT2D eigenvalue weighted by atomic mass is 16.2. The van der Waals surface area contributed by atoms with Crippen LogP contribution in [-0.4, -0.2) is 38.9 Å². The molecule has 1 atom stereocenters. The zero-order valence-electron chi connectivity index (χ0n) is 11.3. The van der Waals surface area contributed by atoms with Gasteiger partial charge in [0, 0.05) is 13.1 Å². The van der Waals surface area contributed by atoms with E-state index in [-0.39, 0.29) is 11.5 Å². The second-order valence-electron chi connectivity index (χ2n) is 5.06. The molecule has 0 radical (unpaired) electrons. The minimum atomic E-state index is -0.613. The fourth-order valence-corrected chi connectivity index (χ4v) is 2.56. The van der Waals surface area contributed by atoms with Gasteiger partial charge >= 0.3 is 0 Å². The summed E-state index contributed by atoms with van der Waals surface area (Å²) in [6, 6.07) is 6.41. The van der Waals surface area contributed by atoms with Crippen molar-refractivity contribution in [2.75, 3.05) is 13.1 Å². The predicted molar refractivity (Wildman–Crippen MR) is 74.3 cm³/mol. The quantitative estimate of drug-likeness (QED) is 0.817. The second-order valence-corrected chi connectivity index (χ2v) is 5.06. The summed E-state index contributed by atoms with van der Waals surface area (Å²) in [5.41, 5.74) is 0.283. The lowest BCUT2D eigenvalue weighted by Crippen LogP contribution is -2.39. The van der Waals surface area contributed by atoms with Crippen molar-refractivity contribution in [1.82, 2.24) is 19.9 Å². The Morgan fingerprint density at radius 3 is 2.70 bits per heavy atom. The molecule has 1 aliphatic heterocycles. The fraction of sp³-hybridized carbons (Fsp3) is 0.429. The number of carbonyl (C=O) groups excluding carboxylic acids is 1. The molecule has 1 amide bonds. The van der Waals surface area contributed by atoms with Crippen LogP contribution in [-0.2, 0) is 4.79 Å². The number of amides is 1. The van der Waals surface area contributed by atoms with E-state index >= 15 is 0 Å². The largest absolute Gasteiger partial charge is 0.341 e. The van der Waals surface area contributed by atoms with Crippen LogP contribution in [0.2, 0.25) is 0 Å². The normalized spacial score (nSPS) is 16.6.